The second-order valence-electron chi connectivity index (χ2n) is 5.57. The van der Waals surface area contributed by atoms with Crippen LogP contribution in [0.4, 0.5) is 5.69 Å². The van der Waals surface area contributed by atoms with Gasteiger partial charge in [0.15, 0.2) is 0 Å². The SMILES string of the molecule is CC(=O)N(CCC(=O)N1CCN(C=O)CC1)c1ccccc1C#N. The van der Waals surface area contributed by atoms with Crippen LogP contribution in [0.5, 0.6) is 0 Å². The molecule has 1 aliphatic heterocycles. The maximum Gasteiger partial charge on any atom is 0.224 e. The first-order valence-corrected chi connectivity index (χ1v) is 7.81. The summed E-state index contributed by atoms with van der Waals surface area (Å²) in [5.74, 6) is -0.266. The average molecular weight is 328 g/mol. The molecule has 0 aromatic heterocycles. The first-order valence-electron chi connectivity index (χ1n) is 7.81. The van der Waals surface area contributed by atoms with Crippen LogP contribution in [0.3, 0.4) is 0 Å². The Labute approximate surface area is 141 Å². The number of hydrogen-bond donors (Lipinski definition) is 0. The highest BCUT2D eigenvalue weighted by Crippen LogP contribution is 2.20. The molecular weight excluding hydrogens is 308 g/mol. The molecular formula is C17H20N4O3. The van der Waals surface area contributed by atoms with Crippen LogP contribution in [-0.2, 0) is 14.4 Å². The molecule has 2 rings (SSSR count). The number of nitriles is 1. The highest BCUT2D eigenvalue weighted by atomic mass is 16.2. The van der Waals surface area contributed by atoms with E-state index in [1.807, 2.05) is 0 Å². The number of anilines is 1. The first-order chi connectivity index (χ1) is 11.6. The molecule has 0 unspecified atom stereocenters. The van der Waals surface area contributed by atoms with Crippen molar-refractivity contribution in [2.24, 2.45) is 0 Å². The minimum Gasteiger partial charge on any atom is -0.342 e. The van der Waals surface area contributed by atoms with E-state index in [-0.39, 0.29) is 24.8 Å². The predicted octanol–water partition coefficient (Wildman–Crippen LogP) is 0.602. The number of hydrogen-bond acceptors (Lipinski definition) is 4. The fourth-order valence-electron chi connectivity index (χ4n) is 2.69. The van der Waals surface area contributed by atoms with Gasteiger partial charge in [0, 0.05) is 46.1 Å². The van der Waals surface area contributed by atoms with E-state index in [2.05, 4.69) is 6.07 Å². The number of rotatable bonds is 5. The first kappa shape index (κ1) is 17.5. The number of benzene rings is 1. The number of para-hydroxylation sites is 1. The van der Waals surface area contributed by atoms with E-state index < -0.39 is 0 Å². The number of carbonyl (C=O) groups excluding carboxylic acids is 3. The molecule has 1 saturated heterocycles. The quantitative estimate of drug-likeness (QED) is 0.741. The van der Waals surface area contributed by atoms with E-state index in [0.29, 0.717) is 37.4 Å². The highest BCUT2D eigenvalue weighted by Gasteiger charge is 2.22. The van der Waals surface area contributed by atoms with Gasteiger partial charge in [0.1, 0.15) is 6.07 Å². The third-order valence-corrected chi connectivity index (χ3v) is 4.06. The number of carbonyl (C=O) groups is 3. The summed E-state index contributed by atoms with van der Waals surface area (Å²) < 4.78 is 0. The summed E-state index contributed by atoms with van der Waals surface area (Å²) in [6.45, 7) is 3.72. The van der Waals surface area contributed by atoms with E-state index in [1.165, 1.54) is 11.8 Å². The zero-order chi connectivity index (χ0) is 17.5. The van der Waals surface area contributed by atoms with E-state index in [4.69, 9.17) is 0 Å². The Morgan fingerprint density at radius 3 is 2.50 bits per heavy atom. The molecule has 0 aliphatic carbocycles. The molecule has 24 heavy (non-hydrogen) atoms. The third kappa shape index (κ3) is 4.10. The van der Waals surface area contributed by atoms with Gasteiger partial charge < -0.3 is 14.7 Å². The van der Waals surface area contributed by atoms with Crippen molar-refractivity contribution in [3.8, 4) is 6.07 Å². The average Bonchev–Trinajstić information content (AvgIpc) is 2.62. The number of nitrogens with zero attached hydrogens (tertiary/aromatic N) is 4. The zero-order valence-electron chi connectivity index (χ0n) is 13.6. The van der Waals surface area contributed by atoms with Gasteiger partial charge in [-0.05, 0) is 12.1 Å². The Kier molecular flexibility index (Phi) is 5.90. The summed E-state index contributed by atoms with van der Waals surface area (Å²) in [4.78, 5) is 39.7. The molecule has 0 bridgehead atoms. The Morgan fingerprint density at radius 2 is 1.92 bits per heavy atom. The molecule has 126 valence electrons. The Balaban J connectivity index is 2.00. The van der Waals surface area contributed by atoms with Crippen molar-refractivity contribution < 1.29 is 14.4 Å². The van der Waals surface area contributed by atoms with Crippen LogP contribution in [0.15, 0.2) is 24.3 Å². The topological polar surface area (TPSA) is 84.7 Å². The van der Waals surface area contributed by atoms with Crippen LogP contribution in [-0.4, -0.2) is 60.7 Å². The van der Waals surface area contributed by atoms with Gasteiger partial charge in [0.2, 0.25) is 18.2 Å². The van der Waals surface area contributed by atoms with Gasteiger partial charge in [-0.1, -0.05) is 12.1 Å². The number of amides is 3. The minimum atomic E-state index is -0.212. The molecule has 0 N–H and O–H groups in total. The molecule has 3 amide bonds. The summed E-state index contributed by atoms with van der Waals surface area (Å²) >= 11 is 0. The van der Waals surface area contributed by atoms with E-state index in [1.54, 1.807) is 34.1 Å². The highest BCUT2D eigenvalue weighted by molar-refractivity contribution is 5.93. The van der Waals surface area contributed by atoms with Gasteiger partial charge in [0.25, 0.3) is 0 Å². The zero-order valence-corrected chi connectivity index (χ0v) is 13.6. The number of piperazine rings is 1. The molecule has 1 heterocycles. The lowest BCUT2D eigenvalue weighted by Gasteiger charge is -2.33. The van der Waals surface area contributed by atoms with Crippen molar-refractivity contribution in [3.05, 3.63) is 29.8 Å². The largest absolute Gasteiger partial charge is 0.342 e. The third-order valence-electron chi connectivity index (χ3n) is 4.06. The van der Waals surface area contributed by atoms with Crippen molar-refractivity contribution in [1.29, 1.82) is 5.26 Å². The van der Waals surface area contributed by atoms with Gasteiger partial charge >= 0.3 is 0 Å². The van der Waals surface area contributed by atoms with Crippen LogP contribution < -0.4 is 4.90 Å². The van der Waals surface area contributed by atoms with Gasteiger partial charge in [-0.3, -0.25) is 14.4 Å². The normalized spacial score (nSPS) is 14.0. The fourth-order valence-corrected chi connectivity index (χ4v) is 2.69. The predicted molar refractivity (Wildman–Crippen MR) is 88.0 cm³/mol. The van der Waals surface area contributed by atoms with Crippen LogP contribution in [0.1, 0.15) is 18.9 Å². The van der Waals surface area contributed by atoms with Crippen LogP contribution in [0.2, 0.25) is 0 Å². The molecule has 0 saturated carbocycles. The van der Waals surface area contributed by atoms with Crippen molar-refractivity contribution in [2.75, 3.05) is 37.6 Å². The summed E-state index contributed by atoms with van der Waals surface area (Å²) in [5, 5.41) is 9.18. The van der Waals surface area contributed by atoms with E-state index >= 15 is 0 Å². The van der Waals surface area contributed by atoms with Crippen LogP contribution in [0, 0.1) is 11.3 Å². The standard InChI is InChI=1S/C17H20N4O3/c1-14(23)21(16-5-3-2-4-15(16)12-18)7-6-17(24)20-10-8-19(13-22)9-11-20/h2-5,13H,6-11H2,1H3. The second-order valence-corrected chi connectivity index (χ2v) is 5.57. The Hall–Kier alpha value is -2.88. The maximum atomic E-state index is 12.3. The van der Waals surface area contributed by atoms with Crippen molar-refractivity contribution >= 4 is 23.9 Å². The van der Waals surface area contributed by atoms with Crippen LogP contribution >= 0.6 is 0 Å². The summed E-state index contributed by atoms with van der Waals surface area (Å²) in [5.41, 5.74) is 0.922. The van der Waals surface area contributed by atoms with Crippen molar-refractivity contribution in [2.45, 2.75) is 13.3 Å². The molecule has 0 radical (unpaired) electrons. The maximum absolute atomic E-state index is 12.3. The fraction of sp³-hybridized carbons (Fsp3) is 0.412. The lowest BCUT2D eigenvalue weighted by atomic mass is 10.1. The Morgan fingerprint density at radius 1 is 1.25 bits per heavy atom. The van der Waals surface area contributed by atoms with E-state index in [0.717, 1.165) is 6.41 Å². The summed E-state index contributed by atoms with van der Waals surface area (Å²) in [7, 11) is 0. The van der Waals surface area contributed by atoms with Crippen molar-refractivity contribution in [1.82, 2.24) is 9.80 Å². The molecule has 1 aromatic rings. The van der Waals surface area contributed by atoms with Gasteiger partial charge in [0.05, 0.1) is 11.3 Å². The molecule has 0 spiro atoms. The van der Waals surface area contributed by atoms with E-state index in [9.17, 15) is 19.6 Å². The summed E-state index contributed by atoms with van der Waals surface area (Å²) in [6.07, 6.45) is 0.971. The molecule has 1 fully saturated rings. The second kappa shape index (κ2) is 8.11. The van der Waals surface area contributed by atoms with Gasteiger partial charge in [-0.15, -0.1) is 0 Å². The summed E-state index contributed by atoms with van der Waals surface area (Å²) in [6, 6.07) is 8.90. The monoisotopic (exact) mass is 328 g/mol. The molecule has 7 heteroatoms. The molecule has 1 aromatic carbocycles. The lowest BCUT2D eigenvalue weighted by Crippen LogP contribution is -2.48. The molecule has 7 nitrogen and oxygen atoms in total. The van der Waals surface area contributed by atoms with Crippen molar-refractivity contribution in [3.63, 3.8) is 0 Å². The van der Waals surface area contributed by atoms with Crippen LogP contribution in [0.25, 0.3) is 0 Å². The van der Waals surface area contributed by atoms with Gasteiger partial charge in [-0.25, -0.2) is 0 Å². The Bertz CT molecular complexity index is 660. The molecule has 0 atom stereocenters. The van der Waals surface area contributed by atoms with Gasteiger partial charge in [-0.2, -0.15) is 5.26 Å². The lowest BCUT2D eigenvalue weighted by molar-refractivity contribution is -0.135. The smallest absolute Gasteiger partial charge is 0.224 e. The minimum absolute atomic E-state index is 0.0544. The molecule has 1 aliphatic rings.